The van der Waals surface area contributed by atoms with Crippen LogP contribution in [0.15, 0.2) is 36.8 Å². The monoisotopic (exact) mass is 316 g/mol. The fourth-order valence-corrected chi connectivity index (χ4v) is 3.67. The van der Waals surface area contributed by atoms with E-state index in [-0.39, 0.29) is 0 Å². The highest BCUT2D eigenvalue weighted by Gasteiger charge is 2.26. The Bertz CT molecular complexity index is 930. The van der Waals surface area contributed by atoms with Crippen molar-refractivity contribution < 1.29 is 0 Å². The Hall–Kier alpha value is -2.49. The number of benzene rings is 1. The van der Waals surface area contributed by atoms with Crippen LogP contribution in [-0.2, 0) is 13.0 Å². The summed E-state index contributed by atoms with van der Waals surface area (Å²) in [5, 5.41) is 1.15. The first kappa shape index (κ1) is 13.9. The molecule has 2 aliphatic rings. The van der Waals surface area contributed by atoms with E-state index < -0.39 is 0 Å². The molecular weight excluding hydrogens is 296 g/mol. The molecule has 24 heavy (non-hydrogen) atoms. The molecule has 3 heterocycles. The maximum atomic E-state index is 4.73. The molecule has 0 amide bonds. The first-order valence-electron chi connectivity index (χ1n) is 8.72. The predicted molar refractivity (Wildman–Crippen MR) is 95.2 cm³/mol. The van der Waals surface area contributed by atoms with E-state index in [2.05, 4.69) is 52.3 Å². The van der Waals surface area contributed by atoms with E-state index in [4.69, 9.17) is 4.98 Å². The minimum atomic E-state index is 0.751. The molecule has 1 saturated carbocycles. The first-order chi connectivity index (χ1) is 11.8. The molecule has 120 valence electrons. The Morgan fingerprint density at radius 2 is 2.00 bits per heavy atom. The quantitative estimate of drug-likeness (QED) is 0.721. The molecular formula is C20H20N4. The minimum Gasteiger partial charge on any atom is -0.351 e. The van der Waals surface area contributed by atoms with Gasteiger partial charge in [0.25, 0.3) is 0 Å². The second-order valence-electron chi connectivity index (χ2n) is 7.04. The lowest BCUT2D eigenvalue weighted by Gasteiger charge is -2.30. The summed E-state index contributed by atoms with van der Waals surface area (Å²) in [6.45, 7) is 3.97. The van der Waals surface area contributed by atoms with Crippen LogP contribution in [0.5, 0.6) is 0 Å². The van der Waals surface area contributed by atoms with Gasteiger partial charge < -0.3 is 4.90 Å². The van der Waals surface area contributed by atoms with Crippen LogP contribution in [-0.4, -0.2) is 21.5 Å². The van der Waals surface area contributed by atoms with Gasteiger partial charge in [-0.3, -0.25) is 4.98 Å². The highest BCUT2D eigenvalue weighted by molar-refractivity contribution is 5.89. The zero-order valence-electron chi connectivity index (χ0n) is 13.9. The number of rotatable bonds is 2. The normalized spacial score (nSPS) is 17.1. The van der Waals surface area contributed by atoms with Crippen molar-refractivity contribution in [3.63, 3.8) is 0 Å². The molecule has 0 atom stereocenters. The Kier molecular flexibility index (Phi) is 3.05. The summed E-state index contributed by atoms with van der Waals surface area (Å²) in [6, 6.07) is 8.76. The molecule has 0 bridgehead atoms. The fourth-order valence-electron chi connectivity index (χ4n) is 3.67. The third kappa shape index (κ3) is 2.33. The molecule has 1 aromatic carbocycles. The molecule has 0 unspecified atom stereocenters. The van der Waals surface area contributed by atoms with Crippen molar-refractivity contribution in [3.8, 4) is 0 Å². The van der Waals surface area contributed by atoms with E-state index in [1.165, 1.54) is 35.2 Å². The lowest BCUT2D eigenvalue weighted by atomic mass is 10.0. The SMILES string of the molecule is Cc1ccc2ncnc(N3CCc4ncc(C5CC5)cc4C3)c2c1. The van der Waals surface area contributed by atoms with Crippen molar-refractivity contribution in [1.82, 2.24) is 15.0 Å². The van der Waals surface area contributed by atoms with Gasteiger partial charge in [0.05, 0.1) is 5.52 Å². The predicted octanol–water partition coefficient (Wildman–Crippen LogP) is 3.77. The zero-order chi connectivity index (χ0) is 16.1. The average Bonchev–Trinajstić information content (AvgIpc) is 3.45. The zero-order valence-corrected chi connectivity index (χ0v) is 13.9. The number of nitrogens with zero attached hydrogens (tertiary/aromatic N) is 4. The van der Waals surface area contributed by atoms with Gasteiger partial charge in [0, 0.05) is 36.8 Å². The van der Waals surface area contributed by atoms with Crippen LogP contribution in [0.2, 0.25) is 0 Å². The fraction of sp³-hybridized carbons (Fsp3) is 0.350. The summed E-state index contributed by atoms with van der Waals surface area (Å²) in [5.41, 5.74) is 6.30. The van der Waals surface area contributed by atoms with Gasteiger partial charge in [-0.2, -0.15) is 0 Å². The summed E-state index contributed by atoms with van der Waals surface area (Å²) < 4.78 is 0. The molecule has 0 radical (unpaired) electrons. The molecule has 0 spiro atoms. The van der Waals surface area contributed by atoms with Crippen molar-refractivity contribution in [3.05, 3.63) is 59.2 Å². The highest BCUT2D eigenvalue weighted by Crippen LogP contribution is 2.40. The number of fused-ring (bicyclic) bond motifs is 2. The first-order valence-corrected chi connectivity index (χ1v) is 8.72. The third-order valence-corrected chi connectivity index (χ3v) is 5.18. The van der Waals surface area contributed by atoms with E-state index in [0.717, 1.165) is 42.1 Å². The molecule has 1 aliphatic heterocycles. The molecule has 3 aromatic rings. The standard InChI is InChI=1S/C20H20N4/c1-13-2-5-19-17(8-13)20(23-12-22-19)24-7-6-18-16(11-24)9-15(10-21-18)14-3-4-14/h2,5,8-10,12,14H,3-4,6-7,11H2,1H3. The van der Waals surface area contributed by atoms with E-state index >= 15 is 0 Å². The van der Waals surface area contributed by atoms with Gasteiger partial charge in [-0.1, -0.05) is 17.7 Å². The van der Waals surface area contributed by atoms with E-state index in [1.54, 1.807) is 6.33 Å². The Morgan fingerprint density at radius 3 is 2.88 bits per heavy atom. The lowest BCUT2D eigenvalue weighted by molar-refractivity contribution is 0.702. The number of anilines is 1. The van der Waals surface area contributed by atoms with Crippen molar-refractivity contribution in [1.29, 1.82) is 0 Å². The van der Waals surface area contributed by atoms with Crippen LogP contribution in [0.25, 0.3) is 10.9 Å². The van der Waals surface area contributed by atoms with Gasteiger partial charge in [0.2, 0.25) is 0 Å². The number of hydrogen-bond acceptors (Lipinski definition) is 4. The number of hydrogen-bond donors (Lipinski definition) is 0. The van der Waals surface area contributed by atoms with E-state index in [0.29, 0.717) is 0 Å². The second-order valence-corrected chi connectivity index (χ2v) is 7.04. The van der Waals surface area contributed by atoms with Crippen LogP contribution in [0.4, 0.5) is 5.82 Å². The number of pyridine rings is 1. The summed E-state index contributed by atoms with van der Waals surface area (Å²) in [6.07, 6.45) is 7.40. The third-order valence-electron chi connectivity index (χ3n) is 5.18. The Morgan fingerprint density at radius 1 is 1.08 bits per heavy atom. The molecule has 5 rings (SSSR count). The van der Waals surface area contributed by atoms with Gasteiger partial charge in [-0.05, 0) is 48.9 Å². The van der Waals surface area contributed by atoms with Gasteiger partial charge in [-0.15, -0.1) is 0 Å². The topological polar surface area (TPSA) is 41.9 Å². The molecule has 4 nitrogen and oxygen atoms in total. The van der Waals surface area contributed by atoms with E-state index in [9.17, 15) is 0 Å². The van der Waals surface area contributed by atoms with Crippen LogP contribution >= 0.6 is 0 Å². The summed E-state index contributed by atoms with van der Waals surface area (Å²) in [4.78, 5) is 16.1. The molecule has 1 aliphatic carbocycles. The lowest BCUT2D eigenvalue weighted by Crippen LogP contribution is -2.32. The second kappa shape index (κ2) is 5.26. The molecule has 0 saturated heterocycles. The maximum Gasteiger partial charge on any atom is 0.140 e. The smallest absolute Gasteiger partial charge is 0.140 e. The maximum absolute atomic E-state index is 4.73. The van der Waals surface area contributed by atoms with E-state index in [1.807, 2.05) is 0 Å². The summed E-state index contributed by atoms with van der Waals surface area (Å²) >= 11 is 0. The Balaban J connectivity index is 1.54. The largest absolute Gasteiger partial charge is 0.351 e. The number of aryl methyl sites for hydroxylation is 1. The van der Waals surface area contributed by atoms with Crippen molar-refractivity contribution >= 4 is 16.7 Å². The van der Waals surface area contributed by atoms with Crippen LogP contribution in [0.3, 0.4) is 0 Å². The Labute approximate surface area is 141 Å². The average molecular weight is 316 g/mol. The van der Waals surface area contributed by atoms with Gasteiger partial charge in [0.1, 0.15) is 12.1 Å². The summed E-state index contributed by atoms with van der Waals surface area (Å²) in [5.74, 6) is 1.80. The minimum absolute atomic E-state index is 0.751. The molecule has 1 fully saturated rings. The number of aromatic nitrogens is 3. The highest BCUT2D eigenvalue weighted by atomic mass is 15.2. The van der Waals surface area contributed by atoms with Gasteiger partial charge in [0.15, 0.2) is 0 Å². The molecule has 0 N–H and O–H groups in total. The van der Waals surface area contributed by atoms with Crippen LogP contribution in [0.1, 0.15) is 41.1 Å². The van der Waals surface area contributed by atoms with Crippen LogP contribution in [0, 0.1) is 6.92 Å². The van der Waals surface area contributed by atoms with Gasteiger partial charge >= 0.3 is 0 Å². The molecule has 2 aromatic heterocycles. The van der Waals surface area contributed by atoms with Crippen molar-refractivity contribution in [2.24, 2.45) is 0 Å². The molecule has 4 heteroatoms. The van der Waals surface area contributed by atoms with Gasteiger partial charge in [-0.25, -0.2) is 9.97 Å². The van der Waals surface area contributed by atoms with Crippen molar-refractivity contribution in [2.45, 2.75) is 38.6 Å². The van der Waals surface area contributed by atoms with Crippen LogP contribution < -0.4 is 4.90 Å². The van der Waals surface area contributed by atoms with Crippen molar-refractivity contribution in [2.75, 3.05) is 11.4 Å². The summed E-state index contributed by atoms with van der Waals surface area (Å²) in [7, 11) is 0.